The molecular formula is C26H26Cl2N5O5-. The van der Waals surface area contributed by atoms with E-state index in [0.29, 0.717) is 70.9 Å². The lowest BCUT2D eigenvalue weighted by molar-refractivity contribution is -0.117. The Balaban J connectivity index is 1.55. The third kappa shape index (κ3) is 5.17. The van der Waals surface area contributed by atoms with Gasteiger partial charge in [-0.2, -0.15) is 0 Å². The number of carbonyl (C=O) groups excluding carboxylic acids is 1. The number of aromatic nitrogens is 2. The van der Waals surface area contributed by atoms with Gasteiger partial charge in [0.15, 0.2) is 0 Å². The summed E-state index contributed by atoms with van der Waals surface area (Å²) in [5.74, 6) is 1.66. The van der Waals surface area contributed by atoms with Crippen molar-refractivity contribution in [3.63, 3.8) is 0 Å². The van der Waals surface area contributed by atoms with Crippen molar-refractivity contribution in [3.05, 3.63) is 52.4 Å². The van der Waals surface area contributed by atoms with Crippen molar-refractivity contribution in [2.45, 2.75) is 18.1 Å². The number of nitrogens with zero attached hydrogens (tertiary/aromatic N) is 3. The maximum atomic E-state index is 11.8. The number of hydrogen-bond donors (Lipinski definition) is 2. The van der Waals surface area contributed by atoms with Crippen LogP contribution in [-0.4, -0.2) is 74.6 Å². The van der Waals surface area contributed by atoms with E-state index in [4.69, 9.17) is 52.5 Å². The van der Waals surface area contributed by atoms with Crippen molar-refractivity contribution in [1.29, 1.82) is 0 Å². The zero-order valence-corrected chi connectivity index (χ0v) is 22.3. The summed E-state index contributed by atoms with van der Waals surface area (Å²) in [6.45, 7) is 5.35. The number of anilines is 1. The summed E-state index contributed by atoms with van der Waals surface area (Å²) in [6, 6.07) is 4.95. The van der Waals surface area contributed by atoms with Gasteiger partial charge in [-0.05, 0) is 29.3 Å². The summed E-state index contributed by atoms with van der Waals surface area (Å²) >= 11 is 13.4. The molecule has 12 heteroatoms. The Bertz CT molecular complexity index is 1360. The Hall–Kier alpha value is -3.31. The molecule has 2 aliphatic heterocycles. The number of rotatable bonds is 9. The highest BCUT2D eigenvalue weighted by Crippen LogP contribution is 2.47. The molecule has 2 saturated heterocycles. The van der Waals surface area contributed by atoms with Crippen LogP contribution in [0.3, 0.4) is 0 Å². The quantitative estimate of drug-likeness (QED) is 0.368. The molecule has 0 spiro atoms. The van der Waals surface area contributed by atoms with Gasteiger partial charge in [-0.25, -0.2) is 4.98 Å². The first kappa shape index (κ1) is 26.3. The van der Waals surface area contributed by atoms with Crippen LogP contribution in [-0.2, 0) is 14.3 Å². The SMILES string of the molecule is C=CC(=O)NC1COCC1Nc1cc2c([N-]C3COC3)nc(-c3c(Cl)c(OC)cc(OC)c3Cl)cc2cn1. The minimum atomic E-state index is -0.259. The number of hydrogen-bond acceptors (Lipinski definition) is 8. The molecule has 200 valence electrons. The Morgan fingerprint density at radius 3 is 2.39 bits per heavy atom. The molecule has 1 amide bonds. The number of pyridine rings is 2. The molecule has 10 nitrogen and oxygen atoms in total. The summed E-state index contributed by atoms with van der Waals surface area (Å²) in [5.41, 5.74) is 0.974. The zero-order valence-electron chi connectivity index (χ0n) is 20.8. The average molecular weight is 559 g/mol. The highest BCUT2D eigenvalue weighted by Gasteiger charge is 2.29. The fourth-order valence-electron chi connectivity index (χ4n) is 4.29. The van der Waals surface area contributed by atoms with Crippen LogP contribution in [0.5, 0.6) is 11.5 Å². The lowest BCUT2D eigenvalue weighted by atomic mass is 10.1. The molecule has 0 bridgehead atoms. The van der Waals surface area contributed by atoms with Gasteiger partial charge in [-0.15, -0.1) is 0 Å². The first-order valence-corrected chi connectivity index (χ1v) is 12.6. The molecule has 0 radical (unpaired) electrons. The van der Waals surface area contributed by atoms with Gasteiger partial charge in [0.25, 0.3) is 0 Å². The van der Waals surface area contributed by atoms with E-state index in [9.17, 15) is 4.79 Å². The Morgan fingerprint density at radius 1 is 1.08 bits per heavy atom. The third-order valence-corrected chi connectivity index (χ3v) is 7.13. The molecule has 2 N–H and O–H groups in total. The van der Waals surface area contributed by atoms with Crippen LogP contribution < -0.4 is 20.1 Å². The number of ether oxygens (including phenoxy) is 4. The Kier molecular flexibility index (Phi) is 7.75. The van der Waals surface area contributed by atoms with E-state index in [1.54, 1.807) is 12.3 Å². The minimum Gasteiger partial charge on any atom is -0.495 e. The van der Waals surface area contributed by atoms with Crippen molar-refractivity contribution >= 4 is 51.5 Å². The van der Waals surface area contributed by atoms with Crippen LogP contribution in [0, 0.1) is 0 Å². The van der Waals surface area contributed by atoms with E-state index < -0.39 is 0 Å². The second-order valence-corrected chi connectivity index (χ2v) is 9.59. The molecule has 3 aromatic rings. The largest absolute Gasteiger partial charge is 0.495 e. The third-order valence-electron chi connectivity index (χ3n) is 6.38. The maximum Gasteiger partial charge on any atom is 0.243 e. The molecule has 2 fully saturated rings. The zero-order chi connectivity index (χ0) is 26.8. The van der Waals surface area contributed by atoms with Crippen molar-refractivity contribution < 1.29 is 23.7 Å². The molecule has 4 heterocycles. The molecule has 0 saturated carbocycles. The molecule has 1 aromatic carbocycles. The van der Waals surface area contributed by atoms with Crippen molar-refractivity contribution in [3.8, 4) is 22.8 Å². The van der Waals surface area contributed by atoms with Gasteiger partial charge < -0.3 is 39.9 Å². The Labute approximate surface area is 229 Å². The van der Waals surface area contributed by atoms with E-state index >= 15 is 0 Å². The molecule has 2 atom stereocenters. The molecule has 0 aliphatic carbocycles. The van der Waals surface area contributed by atoms with E-state index in [1.807, 2.05) is 12.1 Å². The fourth-order valence-corrected chi connectivity index (χ4v) is 4.98. The molecule has 2 aliphatic rings. The fraction of sp³-hybridized carbons (Fsp3) is 0.346. The maximum absolute atomic E-state index is 11.8. The average Bonchev–Trinajstić information content (AvgIpc) is 3.32. The predicted molar refractivity (Wildman–Crippen MR) is 146 cm³/mol. The lowest BCUT2D eigenvalue weighted by Crippen LogP contribution is -2.45. The highest BCUT2D eigenvalue weighted by molar-refractivity contribution is 6.41. The van der Waals surface area contributed by atoms with Gasteiger partial charge in [0, 0.05) is 29.3 Å². The number of carbonyl (C=O) groups is 1. The van der Waals surface area contributed by atoms with Crippen LogP contribution in [0.2, 0.25) is 10.0 Å². The number of nitrogens with one attached hydrogen (secondary N) is 2. The number of fused-ring (bicyclic) bond motifs is 1. The van der Waals surface area contributed by atoms with Crippen molar-refractivity contribution in [2.75, 3.05) is 46.0 Å². The Morgan fingerprint density at radius 2 is 1.76 bits per heavy atom. The van der Waals surface area contributed by atoms with Crippen LogP contribution >= 0.6 is 23.2 Å². The highest BCUT2D eigenvalue weighted by atomic mass is 35.5. The summed E-state index contributed by atoms with van der Waals surface area (Å²) in [6.07, 6.45) is 2.97. The van der Waals surface area contributed by atoms with Gasteiger partial charge in [-0.3, -0.25) is 4.79 Å². The van der Waals surface area contributed by atoms with Crippen LogP contribution in [0.25, 0.3) is 27.3 Å². The first-order chi connectivity index (χ1) is 18.4. The molecular weight excluding hydrogens is 533 g/mol. The summed E-state index contributed by atoms with van der Waals surface area (Å²) in [5, 5.41) is 13.3. The smallest absolute Gasteiger partial charge is 0.243 e. The molecule has 2 aromatic heterocycles. The van der Waals surface area contributed by atoms with Crippen LogP contribution in [0.1, 0.15) is 0 Å². The summed E-state index contributed by atoms with van der Waals surface area (Å²) < 4.78 is 21.8. The lowest BCUT2D eigenvalue weighted by Gasteiger charge is -2.34. The first-order valence-electron chi connectivity index (χ1n) is 11.9. The van der Waals surface area contributed by atoms with E-state index in [1.165, 1.54) is 20.3 Å². The molecule has 38 heavy (non-hydrogen) atoms. The monoisotopic (exact) mass is 558 g/mol. The minimum absolute atomic E-state index is 0.0157. The van der Waals surface area contributed by atoms with Gasteiger partial charge in [0.05, 0.1) is 62.8 Å². The summed E-state index contributed by atoms with van der Waals surface area (Å²) in [4.78, 5) is 21.3. The molecule has 2 unspecified atom stereocenters. The van der Waals surface area contributed by atoms with Crippen LogP contribution in [0.4, 0.5) is 11.6 Å². The normalized spacial score (nSPS) is 19.1. The van der Waals surface area contributed by atoms with E-state index in [2.05, 4.69) is 22.2 Å². The number of benzene rings is 1. The van der Waals surface area contributed by atoms with Crippen LogP contribution in [0.15, 0.2) is 37.1 Å². The van der Waals surface area contributed by atoms with Gasteiger partial charge in [0.2, 0.25) is 5.91 Å². The van der Waals surface area contributed by atoms with Gasteiger partial charge >= 0.3 is 0 Å². The van der Waals surface area contributed by atoms with Crippen molar-refractivity contribution in [1.82, 2.24) is 15.3 Å². The van der Waals surface area contributed by atoms with Gasteiger partial charge in [-0.1, -0.05) is 35.6 Å². The second-order valence-electron chi connectivity index (χ2n) is 8.83. The second kappa shape index (κ2) is 11.2. The standard InChI is InChI=1S/C26H27Cl2N5O5/c1-4-22(34)32-18-12-38-11-17(18)31-21-6-15-13(8-29-21)5-16(33-26(15)30-14-9-37-10-14)23-24(27)19(35-2)7-20(36-3)25(23)28/h4-8,14,17-18H,1,9-12H2,2-3H3,(H3,29,30,31,32,33,34)/p-1. The van der Waals surface area contributed by atoms with E-state index in [-0.39, 0.29) is 24.0 Å². The number of halogens is 2. The predicted octanol–water partition coefficient (Wildman–Crippen LogP) is 4.51. The summed E-state index contributed by atoms with van der Waals surface area (Å²) in [7, 11) is 3.04. The van der Waals surface area contributed by atoms with Crippen molar-refractivity contribution in [2.24, 2.45) is 0 Å². The number of methoxy groups -OCH3 is 2. The molecule has 5 rings (SSSR count). The topological polar surface area (TPSA) is 118 Å². The van der Waals surface area contributed by atoms with E-state index in [0.717, 1.165) is 10.8 Å². The number of amides is 1. The van der Waals surface area contributed by atoms with Gasteiger partial charge in [0.1, 0.15) is 17.3 Å².